The number of pyridine rings is 1. The quantitative estimate of drug-likeness (QED) is 0.388. The van der Waals surface area contributed by atoms with Gasteiger partial charge in [0, 0.05) is 24.7 Å². The van der Waals surface area contributed by atoms with E-state index in [1.165, 1.54) is 20.3 Å². The Labute approximate surface area is 200 Å². The van der Waals surface area contributed by atoms with Crippen LogP contribution in [0.4, 0.5) is 8.78 Å². The highest BCUT2D eigenvalue weighted by molar-refractivity contribution is 5.77. The molecule has 1 heterocycles. The van der Waals surface area contributed by atoms with Crippen molar-refractivity contribution in [2.45, 2.75) is 120 Å². The molecule has 1 aromatic heterocycles. The van der Waals surface area contributed by atoms with Crippen LogP contribution in [-0.4, -0.2) is 35.1 Å². The van der Waals surface area contributed by atoms with E-state index < -0.39 is 18.3 Å². The summed E-state index contributed by atoms with van der Waals surface area (Å²) in [6, 6.07) is 3.83. The Morgan fingerprint density at radius 1 is 1.03 bits per heavy atom. The van der Waals surface area contributed by atoms with Crippen LogP contribution in [0.1, 0.15) is 105 Å². The molecule has 0 fully saturated rings. The Morgan fingerprint density at radius 3 is 1.88 bits per heavy atom. The number of hydrogen-bond donors (Lipinski definition) is 0. The van der Waals surface area contributed by atoms with Gasteiger partial charge in [-0.1, -0.05) is 47.1 Å². The molecule has 0 aliphatic carbocycles. The predicted octanol–water partition coefficient (Wildman–Crippen LogP) is 7.26. The molecule has 194 valence electrons. The van der Waals surface area contributed by atoms with Gasteiger partial charge in [-0.2, -0.15) is 8.78 Å². The van der Waals surface area contributed by atoms with Gasteiger partial charge >= 0.3 is 17.9 Å². The fraction of sp³-hybridized carbons (Fsp3) is 0.731. The van der Waals surface area contributed by atoms with Crippen molar-refractivity contribution in [2.24, 2.45) is 0 Å². The molecule has 0 aromatic carbocycles. The molecule has 0 radical (unpaired) electrons. The first-order valence-corrected chi connectivity index (χ1v) is 11.9. The lowest BCUT2D eigenvalue weighted by Gasteiger charge is -2.17. The van der Waals surface area contributed by atoms with Gasteiger partial charge in [0.25, 0.3) is 0 Å². The van der Waals surface area contributed by atoms with Crippen molar-refractivity contribution in [1.82, 2.24) is 4.98 Å². The van der Waals surface area contributed by atoms with E-state index in [9.17, 15) is 18.4 Å². The van der Waals surface area contributed by atoms with Crippen LogP contribution in [0.25, 0.3) is 0 Å². The zero-order valence-corrected chi connectivity index (χ0v) is 22.7. The maximum absolute atomic E-state index is 13.4. The van der Waals surface area contributed by atoms with Crippen LogP contribution in [-0.2, 0) is 31.9 Å². The highest BCUT2D eigenvalue weighted by Crippen LogP contribution is 2.23. The van der Waals surface area contributed by atoms with E-state index >= 15 is 0 Å². The molecule has 0 saturated carbocycles. The molecule has 0 N–H and O–H groups in total. The molecular weight excluding hydrogens is 428 g/mol. The van der Waals surface area contributed by atoms with Gasteiger partial charge in [0.05, 0.1) is 6.61 Å². The van der Waals surface area contributed by atoms with Gasteiger partial charge in [0.2, 0.25) is 0 Å². The van der Waals surface area contributed by atoms with Gasteiger partial charge in [-0.05, 0) is 65.5 Å². The molecule has 0 unspecified atom stereocenters. The SMILES string of the molecule is CC.CC(=O)OC(C)(C)C.CCC.CCOC(=O)C(F)(F)CCCc1ccc(CC)c(C)n1. The maximum Gasteiger partial charge on any atom is 0.376 e. The van der Waals surface area contributed by atoms with E-state index in [-0.39, 0.29) is 24.6 Å². The number of ether oxygens (including phenoxy) is 2. The van der Waals surface area contributed by atoms with Gasteiger partial charge in [-0.15, -0.1) is 0 Å². The summed E-state index contributed by atoms with van der Waals surface area (Å²) in [4.78, 5) is 25.7. The van der Waals surface area contributed by atoms with Gasteiger partial charge in [-0.3, -0.25) is 9.78 Å². The predicted molar refractivity (Wildman–Crippen MR) is 132 cm³/mol. The number of carbonyl (C=O) groups excluding carboxylic acids is 2. The third kappa shape index (κ3) is 20.3. The Kier molecular flexibility index (Phi) is 20.9. The Balaban J connectivity index is -0.000000575. The van der Waals surface area contributed by atoms with Crippen LogP contribution in [0.3, 0.4) is 0 Å². The van der Waals surface area contributed by atoms with E-state index in [0.29, 0.717) is 6.42 Å². The van der Waals surface area contributed by atoms with Crippen molar-refractivity contribution < 1.29 is 27.8 Å². The Hall–Kier alpha value is -2.05. The largest absolute Gasteiger partial charge is 0.462 e. The number of aryl methyl sites for hydroxylation is 3. The molecule has 1 aromatic rings. The topological polar surface area (TPSA) is 65.5 Å². The van der Waals surface area contributed by atoms with E-state index in [1.807, 2.05) is 60.6 Å². The summed E-state index contributed by atoms with van der Waals surface area (Å²) in [5.74, 6) is -5.07. The van der Waals surface area contributed by atoms with Crippen LogP contribution < -0.4 is 0 Å². The minimum Gasteiger partial charge on any atom is -0.462 e. The van der Waals surface area contributed by atoms with Crippen molar-refractivity contribution in [3.63, 3.8) is 0 Å². The summed E-state index contributed by atoms with van der Waals surface area (Å²) >= 11 is 0. The lowest BCUT2D eigenvalue weighted by Crippen LogP contribution is -2.30. The zero-order valence-electron chi connectivity index (χ0n) is 22.7. The molecule has 0 atom stereocenters. The fourth-order valence-electron chi connectivity index (χ4n) is 2.42. The smallest absolute Gasteiger partial charge is 0.376 e. The Morgan fingerprint density at radius 2 is 1.55 bits per heavy atom. The molecule has 7 heteroatoms. The van der Waals surface area contributed by atoms with Gasteiger partial charge in [-0.25, -0.2) is 4.79 Å². The van der Waals surface area contributed by atoms with Gasteiger partial charge < -0.3 is 9.47 Å². The molecule has 0 bridgehead atoms. The first kappa shape index (κ1) is 35.5. The minimum absolute atomic E-state index is 0.0341. The fourth-order valence-corrected chi connectivity index (χ4v) is 2.42. The second-order valence-electron chi connectivity index (χ2n) is 8.09. The number of hydrogen-bond acceptors (Lipinski definition) is 5. The number of aromatic nitrogens is 1. The number of halogens is 2. The summed E-state index contributed by atoms with van der Waals surface area (Å²) in [6.45, 7) is 20.6. The van der Waals surface area contributed by atoms with E-state index in [1.54, 1.807) is 0 Å². The first-order valence-electron chi connectivity index (χ1n) is 11.9. The maximum atomic E-state index is 13.4. The van der Waals surface area contributed by atoms with Crippen LogP contribution in [0, 0.1) is 6.92 Å². The van der Waals surface area contributed by atoms with Crippen LogP contribution >= 0.6 is 0 Å². The first-order chi connectivity index (χ1) is 15.2. The standard InChI is InChI=1S/C15H21F2NO2.C6H12O2.C3H8.C2H6/c1-4-12-8-9-13(18-11(12)3)7-6-10-15(16,17)14(19)20-5-2;1-5(7)8-6(2,3)4;1-3-2;1-2/h8-9H,4-7,10H2,1-3H3;1-4H3;3H2,1-2H3;1-2H3. The normalized spacial score (nSPS) is 10.3. The number of alkyl halides is 2. The molecule has 33 heavy (non-hydrogen) atoms. The van der Waals surface area contributed by atoms with Crippen molar-refractivity contribution >= 4 is 11.9 Å². The third-order valence-electron chi connectivity index (χ3n) is 3.58. The molecular formula is C26H47F2NO4. The highest BCUT2D eigenvalue weighted by atomic mass is 19.3. The second-order valence-corrected chi connectivity index (χ2v) is 8.09. The lowest BCUT2D eigenvalue weighted by atomic mass is 10.1. The van der Waals surface area contributed by atoms with Crippen molar-refractivity contribution in [3.05, 3.63) is 29.1 Å². The van der Waals surface area contributed by atoms with E-state index in [0.717, 1.165) is 23.4 Å². The lowest BCUT2D eigenvalue weighted by molar-refractivity contribution is -0.172. The molecule has 0 saturated heterocycles. The number of carbonyl (C=O) groups is 2. The summed E-state index contributed by atoms with van der Waals surface area (Å²) in [5, 5.41) is 0. The van der Waals surface area contributed by atoms with Crippen molar-refractivity contribution in [2.75, 3.05) is 6.61 Å². The average molecular weight is 476 g/mol. The molecule has 1 rings (SSSR count). The monoisotopic (exact) mass is 475 g/mol. The van der Waals surface area contributed by atoms with Gasteiger partial charge in [0.15, 0.2) is 0 Å². The number of nitrogens with zero attached hydrogens (tertiary/aromatic N) is 1. The van der Waals surface area contributed by atoms with Crippen LogP contribution in [0.5, 0.6) is 0 Å². The number of esters is 2. The van der Waals surface area contributed by atoms with E-state index in [4.69, 9.17) is 4.74 Å². The van der Waals surface area contributed by atoms with Gasteiger partial charge in [0.1, 0.15) is 5.60 Å². The summed E-state index contributed by atoms with van der Waals surface area (Å²) in [6.07, 6.45) is 2.27. The summed E-state index contributed by atoms with van der Waals surface area (Å²) < 4.78 is 36.0. The molecule has 5 nitrogen and oxygen atoms in total. The molecule has 0 aliphatic rings. The van der Waals surface area contributed by atoms with Crippen molar-refractivity contribution in [3.8, 4) is 0 Å². The minimum atomic E-state index is -3.41. The van der Waals surface area contributed by atoms with Crippen LogP contribution in [0.2, 0.25) is 0 Å². The second kappa shape index (κ2) is 19.4. The van der Waals surface area contributed by atoms with E-state index in [2.05, 4.69) is 23.6 Å². The third-order valence-corrected chi connectivity index (χ3v) is 3.58. The molecule has 0 spiro atoms. The average Bonchev–Trinajstić information content (AvgIpc) is 2.69. The van der Waals surface area contributed by atoms with Crippen molar-refractivity contribution in [1.29, 1.82) is 0 Å². The summed E-state index contributed by atoms with van der Waals surface area (Å²) in [5.41, 5.74) is 2.54. The summed E-state index contributed by atoms with van der Waals surface area (Å²) in [7, 11) is 0. The zero-order chi connectivity index (χ0) is 26.7. The Bertz CT molecular complexity index is 656. The number of rotatable bonds is 7. The molecule has 0 amide bonds. The van der Waals surface area contributed by atoms with Crippen LogP contribution in [0.15, 0.2) is 12.1 Å². The highest BCUT2D eigenvalue weighted by Gasteiger charge is 2.39. The molecule has 0 aliphatic heterocycles.